The SMILES string of the molecule is C[C@@H]1Sc2ccc(S(=O)(=O)C[C@H](C)C(=O)NC3CCCC3)cc2NC1=O. The highest BCUT2D eigenvalue weighted by Crippen LogP contribution is 2.37. The highest BCUT2D eigenvalue weighted by atomic mass is 32.2. The van der Waals surface area contributed by atoms with Crippen molar-refractivity contribution in [1.29, 1.82) is 0 Å². The molecule has 26 heavy (non-hydrogen) atoms. The summed E-state index contributed by atoms with van der Waals surface area (Å²) in [4.78, 5) is 25.1. The van der Waals surface area contributed by atoms with Gasteiger partial charge in [-0.25, -0.2) is 8.42 Å². The Morgan fingerprint density at radius 3 is 2.73 bits per heavy atom. The first kappa shape index (κ1) is 19.2. The van der Waals surface area contributed by atoms with Crippen molar-refractivity contribution in [2.45, 2.75) is 60.6 Å². The van der Waals surface area contributed by atoms with Crippen LogP contribution in [0, 0.1) is 5.92 Å². The van der Waals surface area contributed by atoms with Gasteiger partial charge in [-0.05, 0) is 38.0 Å². The summed E-state index contributed by atoms with van der Waals surface area (Å²) >= 11 is 1.40. The molecule has 1 aromatic rings. The largest absolute Gasteiger partial charge is 0.353 e. The molecule has 2 aliphatic rings. The summed E-state index contributed by atoms with van der Waals surface area (Å²) in [6.45, 7) is 3.44. The minimum Gasteiger partial charge on any atom is -0.353 e. The number of carbonyl (C=O) groups is 2. The highest BCUT2D eigenvalue weighted by Gasteiger charge is 2.28. The molecule has 0 spiro atoms. The maximum atomic E-state index is 12.7. The Hall–Kier alpha value is -1.54. The van der Waals surface area contributed by atoms with Crippen LogP contribution in [-0.4, -0.2) is 37.3 Å². The Balaban J connectivity index is 1.70. The van der Waals surface area contributed by atoms with Crippen LogP contribution in [-0.2, 0) is 19.4 Å². The van der Waals surface area contributed by atoms with Gasteiger partial charge in [0.15, 0.2) is 9.84 Å². The smallest absolute Gasteiger partial charge is 0.237 e. The number of anilines is 1. The predicted octanol–water partition coefficient (Wildman–Crippen LogP) is 2.59. The minimum absolute atomic E-state index is 0.132. The van der Waals surface area contributed by atoms with Gasteiger partial charge in [-0.3, -0.25) is 9.59 Å². The number of rotatable bonds is 5. The first-order chi connectivity index (χ1) is 12.3. The summed E-state index contributed by atoms with van der Waals surface area (Å²) in [5, 5.41) is 5.49. The molecule has 1 saturated carbocycles. The maximum Gasteiger partial charge on any atom is 0.237 e. The fourth-order valence-corrected chi connectivity index (χ4v) is 5.80. The van der Waals surface area contributed by atoms with E-state index in [1.54, 1.807) is 26.0 Å². The monoisotopic (exact) mass is 396 g/mol. The summed E-state index contributed by atoms with van der Waals surface area (Å²) in [7, 11) is -3.62. The third-order valence-corrected chi connectivity index (χ3v) is 7.95. The number of nitrogens with one attached hydrogen (secondary N) is 2. The van der Waals surface area contributed by atoms with E-state index in [2.05, 4.69) is 10.6 Å². The van der Waals surface area contributed by atoms with E-state index in [-0.39, 0.29) is 33.8 Å². The van der Waals surface area contributed by atoms with Crippen LogP contribution >= 0.6 is 11.8 Å². The zero-order valence-electron chi connectivity index (χ0n) is 14.9. The molecule has 2 atom stereocenters. The molecule has 3 rings (SSSR count). The second-order valence-corrected chi connectivity index (χ2v) is 10.5. The van der Waals surface area contributed by atoms with Crippen molar-refractivity contribution < 1.29 is 18.0 Å². The number of thioether (sulfide) groups is 1. The van der Waals surface area contributed by atoms with Crippen LogP contribution in [0.2, 0.25) is 0 Å². The molecule has 1 heterocycles. The Bertz CT molecular complexity index is 816. The van der Waals surface area contributed by atoms with Gasteiger partial charge in [-0.15, -0.1) is 11.8 Å². The topological polar surface area (TPSA) is 92.3 Å². The van der Waals surface area contributed by atoms with Crippen LogP contribution in [0.3, 0.4) is 0 Å². The molecular weight excluding hydrogens is 372 g/mol. The maximum absolute atomic E-state index is 12.7. The van der Waals surface area contributed by atoms with Gasteiger partial charge in [0, 0.05) is 16.9 Å². The highest BCUT2D eigenvalue weighted by molar-refractivity contribution is 8.01. The second-order valence-electron chi connectivity index (χ2n) is 7.08. The standard InChI is InChI=1S/C18H24N2O4S2/c1-11(17(21)19-13-5-3-4-6-13)10-26(23,24)14-7-8-16-15(9-14)20-18(22)12(2)25-16/h7-9,11-13H,3-6,10H2,1-2H3,(H,19,21)(H,20,22)/t11-,12-/m0/s1. The molecule has 6 nitrogen and oxygen atoms in total. The number of carbonyl (C=O) groups excluding carboxylic acids is 2. The Labute approximate surface area is 158 Å². The number of hydrogen-bond donors (Lipinski definition) is 2. The van der Waals surface area contributed by atoms with E-state index in [0.717, 1.165) is 30.6 Å². The van der Waals surface area contributed by atoms with E-state index in [0.29, 0.717) is 5.69 Å². The van der Waals surface area contributed by atoms with Crippen molar-refractivity contribution in [2.75, 3.05) is 11.1 Å². The lowest BCUT2D eigenvalue weighted by atomic mass is 10.1. The number of amides is 2. The fourth-order valence-electron chi connectivity index (χ4n) is 3.30. The fraction of sp³-hybridized carbons (Fsp3) is 0.556. The van der Waals surface area contributed by atoms with Crippen LogP contribution < -0.4 is 10.6 Å². The first-order valence-electron chi connectivity index (χ1n) is 8.91. The summed E-state index contributed by atoms with van der Waals surface area (Å²) in [6, 6.07) is 4.92. The van der Waals surface area contributed by atoms with Crippen molar-refractivity contribution in [3.63, 3.8) is 0 Å². The van der Waals surface area contributed by atoms with Crippen molar-refractivity contribution in [3.05, 3.63) is 18.2 Å². The Morgan fingerprint density at radius 1 is 1.35 bits per heavy atom. The molecule has 0 aromatic heterocycles. The van der Waals surface area contributed by atoms with Crippen molar-refractivity contribution in [3.8, 4) is 0 Å². The van der Waals surface area contributed by atoms with Crippen LogP contribution in [0.4, 0.5) is 5.69 Å². The molecule has 0 bridgehead atoms. The van der Waals surface area contributed by atoms with Crippen LogP contribution in [0.5, 0.6) is 0 Å². The average Bonchev–Trinajstić information content (AvgIpc) is 3.08. The quantitative estimate of drug-likeness (QED) is 0.798. The molecule has 0 saturated heterocycles. The number of hydrogen-bond acceptors (Lipinski definition) is 5. The molecule has 8 heteroatoms. The van der Waals surface area contributed by atoms with Gasteiger partial charge in [0.2, 0.25) is 11.8 Å². The molecule has 2 amide bonds. The van der Waals surface area contributed by atoms with Crippen LogP contribution in [0.15, 0.2) is 28.0 Å². The van der Waals surface area contributed by atoms with Gasteiger partial charge < -0.3 is 10.6 Å². The van der Waals surface area contributed by atoms with Crippen molar-refractivity contribution in [1.82, 2.24) is 5.32 Å². The molecule has 1 aromatic carbocycles. The van der Waals surface area contributed by atoms with E-state index in [1.165, 1.54) is 17.8 Å². The summed E-state index contributed by atoms with van der Waals surface area (Å²) in [5.74, 6) is -1.22. The molecule has 1 aliphatic heterocycles. The summed E-state index contributed by atoms with van der Waals surface area (Å²) < 4.78 is 25.4. The third-order valence-electron chi connectivity index (χ3n) is 4.86. The van der Waals surface area contributed by atoms with Gasteiger partial charge in [0.25, 0.3) is 0 Å². The normalized spacial score (nSPS) is 21.8. The van der Waals surface area contributed by atoms with Gasteiger partial charge in [-0.2, -0.15) is 0 Å². The number of sulfone groups is 1. The molecule has 0 radical (unpaired) electrons. The van der Waals surface area contributed by atoms with Crippen LogP contribution in [0.25, 0.3) is 0 Å². The zero-order chi connectivity index (χ0) is 18.9. The number of benzene rings is 1. The predicted molar refractivity (Wildman–Crippen MR) is 102 cm³/mol. The van der Waals surface area contributed by atoms with Crippen molar-refractivity contribution in [2.24, 2.45) is 5.92 Å². The molecule has 1 fully saturated rings. The second kappa shape index (κ2) is 7.60. The van der Waals surface area contributed by atoms with Crippen LogP contribution in [0.1, 0.15) is 39.5 Å². The zero-order valence-corrected chi connectivity index (χ0v) is 16.6. The average molecular weight is 397 g/mol. The van der Waals surface area contributed by atoms with Gasteiger partial charge in [-0.1, -0.05) is 19.8 Å². The Morgan fingerprint density at radius 2 is 2.04 bits per heavy atom. The lowest BCUT2D eigenvalue weighted by molar-refractivity contribution is -0.124. The number of fused-ring (bicyclic) bond motifs is 1. The molecule has 0 unspecified atom stereocenters. The summed E-state index contributed by atoms with van der Waals surface area (Å²) in [6.07, 6.45) is 4.14. The summed E-state index contributed by atoms with van der Waals surface area (Å²) in [5.41, 5.74) is 0.516. The molecule has 142 valence electrons. The molecular formula is C18H24N2O4S2. The first-order valence-corrected chi connectivity index (χ1v) is 11.4. The van der Waals surface area contributed by atoms with Gasteiger partial charge in [0.05, 0.1) is 21.6 Å². The van der Waals surface area contributed by atoms with Gasteiger partial charge in [0.1, 0.15) is 0 Å². The van der Waals surface area contributed by atoms with Gasteiger partial charge >= 0.3 is 0 Å². The Kier molecular flexibility index (Phi) is 5.62. The lowest BCUT2D eigenvalue weighted by Gasteiger charge is -2.22. The molecule has 2 N–H and O–H groups in total. The van der Waals surface area contributed by atoms with E-state index >= 15 is 0 Å². The van der Waals surface area contributed by atoms with E-state index < -0.39 is 15.8 Å². The minimum atomic E-state index is -3.62. The van der Waals surface area contributed by atoms with E-state index in [1.807, 2.05) is 0 Å². The van der Waals surface area contributed by atoms with Crippen molar-refractivity contribution >= 4 is 39.1 Å². The third kappa shape index (κ3) is 4.23. The molecule has 1 aliphatic carbocycles. The van der Waals surface area contributed by atoms with E-state index in [9.17, 15) is 18.0 Å². The lowest BCUT2D eigenvalue weighted by Crippen LogP contribution is -2.38. The van der Waals surface area contributed by atoms with E-state index in [4.69, 9.17) is 0 Å².